The van der Waals surface area contributed by atoms with Crippen molar-refractivity contribution in [3.8, 4) is 0 Å². The normalized spacial score (nSPS) is 8.13. The first-order valence-corrected chi connectivity index (χ1v) is 5.70. The van der Waals surface area contributed by atoms with Crippen LogP contribution in [0.25, 0.3) is 0 Å². The molecule has 15 heavy (non-hydrogen) atoms. The van der Waals surface area contributed by atoms with Gasteiger partial charge >= 0.3 is 0 Å². The Morgan fingerprint density at radius 1 is 1.07 bits per heavy atom. The molecule has 0 aliphatic carbocycles. The number of hydrogen-bond donors (Lipinski definition) is 0. The molecule has 0 N–H and O–H groups in total. The summed E-state index contributed by atoms with van der Waals surface area (Å²) in [6.45, 7) is 8.39. The fraction of sp³-hybridized carbons (Fsp3) is 0.571. The van der Waals surface area contributed by atoms with Crippen LogP contribution in [-0.2, 0) is 11.2 Å². The van der Waals surface area contributed by atoms with Gasteiger partial charge in [0.1, 0.15) is 0 Å². The fourth-order valence-electron chi connectivity index (χ4n) is 1.16. The minimum Gasteiger partial charge on any atom is -0.388 e. The molecule has 1 aromatic carbocycles. The van der Waals surface area contributed by atoms with Gasteiger partial charge in [-0.25, -0.2) is 0 Å². The predicted molar refractivity (Wildman–Crippen MR) is 69.5 cm³/mol. The maximum absolute atomic E-state index is 4.25. The van der Waals surface area contributed by atoms with Crippen LogP contribution in [0.1, 0.15) is 38.3 Å². The molecule has 0 aliphatic rings. The first-order valence-electron chi connectivity index (χ1n) is 5.70. The summed E-state index contributed by atoms with van der Waals surface area (Å²) in [7, 11) is 3.25. The Kier molecular flexibility index (Phi) is 14.6. The quantitative estimate of drug-likeness (QED) is 0.709. The Hall–Kier alpha value is -0.820. The average Bonchev–Trinajstić information content (AvgIpc) is 2.26. The molecule has 1 aromatic rings. The van der Waals surface area contributed by atoms with Gasteiger partial charge in [0.25, 0.3) is 0 Å². The number of rotatable bonds is 2. The Bertz CT molecular complexity index is 218. The van der Waals surface area contributed by atoms with Gasteiger partial charge in [-0.15, -0.1) is 0 Å². The van der Waals surface area contributed by atoms with Crippen molar-refractivity contribution in [2.75, 3.05) is 14.2 Å². The number of methoxy groups -OCH3 is 1. The molecule has 0 unspecified atom stereocenters. The highest BCUT2D eigenvalue weighted by Crippen LogP contribution is 2.08. The first kappa shape index (κ1) is 16.6. The van der Waals surface area contributed by atoms with E-state index in [9.17, 15) is 0 Å². The Morgan fingerprint density at radius 2 is 1.53 bits per heavy atom. The second-order valence-electron chi connectivity index (χ2n) is 3.08. The molecule has 0 saturated heterocycles. The zero-order valence-corrected chi connectivity index (χ0v) is 11.1. The summed E-state index contributed by atoms with van der Waals surface area (Å²) in [5.41, 5.74) is 2.91. The molecular weight excluding hydrogens is 184 g/mol. The second-order valence-corrected chi connectivity index (χ2v) is 3.08. The first-order chi connectivity index (χ1) is 7.26. The molecule has 1 nitrogen and oxygen atoms in total. The SMILES string of the molecule is CC.CCCc1ccccc1C.COC. The van der Waals surface area contributed by atoms with E-state index in [0.29, 0.717) is 0 Å². The predicted octanol–water partition coefficient (Wildman–Crippen LogP) is 4.24. The van der Waals surface area contributed by atoms with Crippen LogP contribution in [0.15, 0.2) is 24.3 Å². The molecule has 0 aromatic heterocycles. The minimum absolute atomic E-state index is 1.21. The molecule has 0 fully saturated rings. The lowest BCUT2D eigenvalue weighted by Crippen LogP contribution is -1.85. The lowest BCUT2D eigenvalue weighted by atomic mass is 10.1. The maximum Gasteiger partial charge on any atom is 0.0351 e. The van der Waals surface area contributed by atoms with Crippen LogP contribution in [-0.4, -0.2) is 14.2 Å². The van der Waals surface area contributed by atoms with Crippen molar-refractivity contribution in [3.05, 3.63) is 35.4 Å². The minimum atomic E-state index is 1.21. The van der Waals surface area contributed by atoms with Crippen LogP contribution in [0.5, 0.6) is 0 Å². The molecule has 1 heteroatoms. The summed E-state index contributed by atoms with van der Waals surface area (Å²) in [4.78, 5) is 0. The molecule has 0 aliphatic heterocycles. The lowest BCUT2D eigenvalue weighted by molar-refractivity contribution is 0.277. The average molecular weight is 210 g/mol. The van der Waals surface area contributed by atoms with E-state index < -0.39 is 0 Å². The molecule has 0 spiro atoms. The van der Waals surface area contributed by atoms with E-state index in [1.165, 1.54) is 24.0 Å². The maximum atomic E-state index is 4.25. The molecule has 0 bridgehead atoms. The highest BCUT2D eigenvalue weighted by molar-refractivity contribution is 5.25. The number of ether oxygens (including phenoxy) is 1. The smallest absolute Gasteiger partial charge is 0.0351 e. The van der Waals surface area contributed by atoms with E-state index in [4.69, 9.17) is 0 Å². The second kappa shape index (κ2) is 13.2. The summed E-state index contributed by atoms with van der Waals surface area (Å²) >= 11 is 0. The Morgan fingerprint density at radius 3 is 1.93 bits per heavy atom. The van der Waals surface area contributed by atoms with Crippen molar-refractivity contribution >= 4 is 0 Å². The van der Waals surface area contributed by atoms with Crippen LogP contribution in [0.4, 0.5) is 0 Å². The van der Waals surface area contributed by atoms with E-state index >= 15 is 0 Å². The molecule has 0 saturated carbocycles. The van der Waals surface area contributed by atoms with Gasteiger partial charge in [0.2, 0.25) is 0 Å². The summed E-state index contributed by atoms with van der Waals surface area (Å²) < 4.78 is 4.25. The monoisotopic (exact) mass is 210 g/mol. The van der Waals surface area contributed by atoms with Crippen molar-refractivity contribution in [2.45, 2.75) is 40.5 Å². The molecule has 0 heterocycles. The number of hydrogen-bond acceptors (Lipinski definition) is 1. The standard InChI is InChI=1S/C10H14.C2H6O.C2H6/c1-3-6-10-8-5-4-7-9(10)2;1-3-2;1-2/h4-5,7-8H,3,6H2,1-2H3;1-2H3;1-2H3. The Balaban J connectivity index is 0. The third-order valence-electron chi connectivity index (χ3n) is 1.78. The molecule has 1 rings (SSSR count). The summed E-state index contributed by atoms with van der Waals surface area (Å²) in [6.07, 6.45) is 2.46. The van der Waals surface area contributed by atoms with Gasteiger partial charge < -0.3 is 4.74 Å². The highest BCUT2D eigenvalue weighted by atomic mass is 16.4. The number of aryl methyl sites for hydroxylation is 2. The van der Waals surface area contributed by atoms with Crippen molar-refractivity contribution < 1.29 is 4.74 Å². The van der Waals surface area contributed by atoms with Crippen LogP contribution >= 0.6 is 0 Å². The third kappa shape index (κ3) is 9.48. The van der Waals surface area contributed by atoms with E-state index in [1.54, 1.807) is 14.2 Å². The van der Waals surface area contributed by atoms with E-state index in [0.717, 1.165) is 0 Å². The fourth-order valence-corrected chi connectivity index (χ4v) is 1.16. The molecule has 88 valence electrons. The van der Waals surface area contributed by atoms with E-state index in [1.807, 2.05) is 13.8 Å². The zero-order chi connectivity index (χ0) is 12.1. The Labute approximate surface area is 95.5 Å². The van der Waals surface area contributed by atoms with Gasteiger partial charge in [-0.05, 0) is 24.5 Å². The third-order valence-corrected chi connectivity index (χ3v) is 1.78. The highest BCUT2D eigenvalue weighted by Gasteiger charge is 1.92. The molecule has 0 radical (unpaired) electrons. The van der Waals surface area contributed by atoms with Crippen LogP contribution < -0.4 is 0 Å². The van der Waals surface area contributed by atoms with Crippen molar-refractivity contribution in [1.29, 1.82) is 0 Å². The van der Waals surface area contributed by atoms with Crippen LogP contribution in [0.2, 0.25) is 0 Å². The van der Waals surface area contributed by atoms with Gasteiger partial charge in [-0.1, -0.05) is 51.5 Å². The van der Waals surface area contributed by atoms with E-state index in [-0.39, 0.29) is 0 Å². The van der Waals surface area contributed by atoms with Gasteiger partial charge in [0.05, 0.1) is 0 Å². The van der Waals surface area contributed by atoms with Crippen LogP contribution in [0.3, 0.4) is 0 Å². The molecular formula is C14H26O. The van der Waals surface area contributed by atoms with Gasteiger partial charge in [0.15, 0.2) is 0 Å². The lowest BCUT2D eigenvalue weighted by Gasteiger charge is -2.01. The van der Waals surface area contributed by atoms with E-state index in [2.05, 4.69) is 42.8 Å². The topological polar surface area (TPSA) is 9.23 Å². The van der Waals surface area contributed by atoms with Gasteiger partial charge in [-0.3, -0.25) is 0 Å². The van der Waals surface area contributed by atoms with Gasteiger partial charge in [-0.2, -0.15) is 0 Å². The van der Waals surface area contributed by atoms with Crippen molar-refractivity contribution in [3.63, 3.8) is 0 Å². The molecule has 0 amide bonds. The number of benzene rings is 1. The van der Waals surface area contributed by atoms with Crippen molar-refractivity contribution in [1.82, 2.24) is 0 Å². The molecule has 0 atom stereocenters. The van der Waals surface area contributed by atoms with Crippen molar-refractivity contribution in [2.24, 2.45) is 0 Å². The summed E-state index contributed by atoms with van der Waals surface area (Å²) in [5, 5.41) is 0. The summed E-state index contributed by atoms with van der Waals surface area (Å²) in [6, 6.07) is 8.58. The zero-order valence-electron chi connectivity index (χ0n) is 11.1. The largest absolute Gasteiger partial charge is 0.388 e. The van der Waals surface area contributed by atoms with Gasteiger partial charge in [0, 0.05) is 14.2 Å². The summed E-state index contributed by atoms with van der Waals surface area (Å²) in [5.74, 6) is 0. The van der Waals surface area contributed by atoms with Crippen LogP contribution in [0, 0.1) is 6.92 Å².